The number of halogens is 5. The van der Waals surface area contributed by atoms with Gasteiger partial charge >= 0.3 is 6.18 Å². The first-order valence-electron chi connectivity index (χ1n) is 9.43. The van der Waals surface area contributed by atoms with Crippen molar-refractivity contribution in [1.29, 1.82) is 0 Å². The molecule has 0 radical (unpaired) electrons. The molecule has 4 aromatic rings. The summed E-state index contributed by atoms with van der Waals surface area (Å²) in [6, 6.07) is 11.9. The van der Waals surface area contributed by atoms with Gasteiger partial charge in [0.1, 0.15) is 5.69 Å². The van der Waals surface area contributed by atoms with E-state index < -0.39 is 29.4 Å². The molecule has 4 rings (SSSR count). The number of hydrogen-bond acceptors (Lipinski definition) is 5. The van der Waals surface area contributed by atoms with Crippen LogP contribution >= 0.6 is 27.5 Å². The number of nitrogens with one attached hydrogen (secondary N) is 2. The molecule has 0 spiro atoms. The molecule has 0 aliphatic rings. The first-order chi connectivity index (χ1) is 16.1. The van der Waals surface area contributed by atoms with Crippen molar-refractivity contribution in [2.45, 2.75) is 6.18 Å². The van der Waals surface area contributed by atoms with E-state index in [0.717, 1.165) is 0 Å². The molecule has 2 aromatic heterocycles. The van der Waals surface area contributed by atoms with Gasteiger partial charge < -0.3 is 5.32 Å². The molecule has 2 heterocycles. The highest BCUT2D eigenvalue weighted by atomic mass is 79.9. The standard InChI is InChI=1S/C21H13BrClF3N6O2/c22-16-11-5-2-1-4-10(11)8-12(19(33)30-27)17(16)29-20(34)14-9-15(21(24,25)26)31-32(14)18-13(23)6-3-7-28-18/h1-9H,27H2,(H,29,34)(H,30,33). The third-order valence-corrected chi connectivity index (χ3v) is 5.89. The number of aromatic nitrogens is 3. The van der Waals surface area contributed by atoms with Gasteiger partial charge in [-0.1, -0.05) is 35.9 Å². The molecule has 4 N–H and O–H groups in total. The molecule has 0 fully saturated rings. The fraction of sp³-hybridized carbons (Fsp3) is 0.0476. The zero-order valence-corrected chi connectivity index (χ0v) is 19.2. The predicted molar refractivity (Wildman–Crippen MR) is 123 cm³/mol. The maximum atomic E-state index is 13.4. The van der Waals surface area contributed by atoms with Crippen LogP contribution in [0.4, 0.5) is 18.9 Å². The number of benzene rings is 2. The molecular weight excluding hydrogens is 541 g/mol. The number of hydrazine groups is 1. The first kappa shape index (κ1) is 23.7. The molecule has 0 unspecified atom stereocenters. The number of carbonyl (C=O) groups is 2. The number of rotatable bonds is 4. The number of pyridine rings is 1. The van der Waals surface area contributed by atoms with Gasteiger partial charge in [-0.05, 0) is 44.9 Å². The van der Waals surface area contributed by atoms with Gasteiger partial charge in [0.15, 0.2) is 11.5 Å². The summed E-state index contributed by atoms with van der Waals surface area (Å²) in [5.74, 6) is 3.39. The van der Waals surface area contributed by atoms with E-state index in [9.17, 15) is 22.8 Å². The normalized spacial score (nSPS) is 11.5. The predicted octanol–water partition coefficient (Wildman–Crippen LogP) is 4.71. The Morgan fingerprint density at radius 2 is 1.82 bits per heavy atom. The lowest BCUT2D eigenvalue weighted by Crippen LogP contribution is -2.31. The molecule has 0 saturated heterocycles. The molecule has 0 aliphatic carbocycles. The van der Waals surface area contributed by atoms with E-state index in [4.69, 9.17) is 17.4 Å². The molecule has 0 saturated carbocycles. The van der Waals surface area contributed by atoms with Crippen LogP contribution in [0.15, 0.2) is 59.2 Å². The minimum absolute atomic E-state index is 0.0000708. The van der Waals surface area contributed by atoms with Crippen LogP contribution < -0.4 is 16.6 Å². The third-order valence-electron chi connectivity index (χ3n) is 4.77. The van der Waals surface area contributed by atoms with Crippen LogP contribution in [-0.2, 0) is 6.18 Å². The number of nitrogen functional groups attached to an aromatic ring is 1. The molecule has 0 bridgehead atoms. The summed E-state index contributed by atoms with van der Waals surface area (Å²) in [5, 5.41) is 7.27. The summed E-state index contributed by atoms with van der Waals surface area (Å²) in [4.78, 5) is 29.6. The first-order valence-corrected chi connectivity index (χ1v) is 10.6. The second-order valence-corrected chi connectivity index (χ2v) is 8.10. The van der Waals surface area contributed by atoms with Crippen LogP contribution in [0.5, 0.6) is 0 Å². The number of alkyl halides is 3. The zero-order chi connectivity index (χ0) is 24.6. The van der Waals surface area contributed by atoms with Gasteiger partial charge in [0.2, 0.25) is 0 Å². The van der Waals surface area contributed by atoms with Crippen molar-refractivity contribution < 1.29 is 22.8 Å². The average Bonchev–Trinajstić information content (AvgIpc) is 3.26. The van der Waals surface area contributed by atoms with Gasteiger partial charge in [-0.25, -0.2) is 15.5 Å². The van der Waals surface area contributed by atoms with E-state index in [2.05, 4.69) is 31.3 Å². The second kappa shape index (κ2) is 9.05. The van der Waals surface area contributed by atoms with E-state index in [1.165, 1.54) is 24.4 Å². The van der Waals surface area contributed by atoms with E-state index >= 15 is 0 Å². The summed E-state index contributed by atoms with van der Waals surface area (Å²) in [5.41, 5.74) is 0.146. The van der Waals surface area contributed by atoms with Crippen molar-refractivity contribution in [3.05, 3.63) is 81.2 Å². The highest BCUT2D eigenvalue weighted by Gasteiger charge is 2.37. The molecule has 34 heavy (non-hydrogen) atoms. The lowest BCUT2D eigenvalue weighted by Gasteiger charge is -2.15. The lowest BCUT2D eigenvalue weighted by atomic mass is 10.0. The van der Waals surface area contributed by atoms with Crippen molar-refractivity contribution in [3.8, 4) is 5.82 Å². The van der Waals surface area contributed by atoms with Gasteiger partial charge in [0.25, 0.3) is 11.8 Å². The van der Waals surface area contributed by atoms with Crippen LogP contribution in [0.25, 0.3) is 16.6 Å². The Bertz CT molecular complexity index is 1440. The number of fused-ring (bicyclic) bond motifs is 1. The van der Waals surface area contributed by atoms with E-state index in [-0.39, 0.29) is 22.1 Å². The number of nitrogens with zero attached hydrogens (tertiary/aromatic N) is 3. The summed E-state index contributed by atoms with van der Waals surface area (Å²) in [6.45, 7) is 0. The monoisotopic (exact) mass is 552 g/mol. The Morgan fingerprint density at radius 3 is 2.50 bits per heavy atom. The Balaban J connectivity index is 1.87. The molecule has 174 valence electrons. The highest BCUT2D eigenvalue weighted by molar-refractivity contribution is 9.10. The fourth-order valence-electron chi connectivity index (χ4n) is 3.24. The largest absolute Gasteiger partial charge is 0.435 e. The Hall–Kier alpha value is -3.48. The van der Waals surface area contributed by atoms with Crippen LogP contribution in [0, 0.1) is 0 Å². The zero-order valence-electron chi connectivity index (χ0n) is 16.8. The molecule has 0 atom stereocenters. The number of nitrogens with two attached hydrogens (primary N) is 1. The van der Waals surface area contributed by atoms with Crippen molar-refractivity contribution in [2.75, 3.05) is 5.32 Å². The van der Waals surface area contributed by atoms with Gasteiger partial charge in [-0.15, -0.1) is 0 Å². The fourth-order valence-corrected chi connectivity index (χ4v) is 4.11. The summed E-state index contributed by atoms with van der Waals surface area (Å²) in [6.07, 6.45) is -3.54. The smallest absolute Gasteiger partial charge is 0.319 e. The third kappa shape index (κ3) is 4.34. The summed E-state index contributed by atoms with van der Waals surface area (Å²) < 4.78 is 41.2. The summed E-state index contributed by atoms with van der Waals surface area (Å²) >= 11 is 9.46. The maximum absolute atomic E-state index is 13.4. The maximum Gasteiger partial charge on any atom is 0.435 e. The lowest BCUT2D eigenvalue weighted by molar-refractivity contribution is -0.141. The van der Waals surface area contributed by atoms with Gasteiger partial charge in [-0.3, -0.25) is 15.0 Å². The summed E-state index contributed by atoms with van der Waals surface area (Å²) in [7, 11) is 0. The van der Waals surface area contributed by atoms with Gasteiger partial charge in [0.05, 0.1) is 16.3 Å². The van der Waals surface area contributed by atoms with Crippen LogP contribution in [-0.4, -0.2) is 26.6 Å². The Labute approximate surface area is 203 Å². The Kier molecular flexibility index (Phi) is 6.30. The molecule has 2 aromatic carbocycles. The van der Waals surface area contributed by atoms with Crippen molar-refractivity contribution in [2.24, 2.45) is 5.84 Å². The highest BCUT2D eigenvalue weighted by Crippen LogP contribution is 2.36. The minimum atomic E-state index is -4.84. The van der Waals surface area contributed by atoms with Crippen molar-refractivity contribution >= 4 is 55.8 Å². The minimum Gasteiger partial charge on any atom is -0.319 e. The van der Waals surface area contributed by atoms with Gasteiger partial charge in [-0.2, -0.15) is 18.3 Å². The molecule has 0 aliphatic heterocycles. The van der Waals surface area contributed by atoms with E-state index in [0.29, 0.717) is 26.0 Å². The average molecular weight is 554 g/mol. The number of carbonyl (C=O) groups excluding carboxylic acids is 2. The van der Waals surface area contributed by atoms with Crippen LogP contribution in [0.1, 0.15) is 26.5 Å². The van der Waals surface area contributed by atoms with Crippen molar-refractivity contribution in [1.82, 2.24) is 20.2 Å². The van der Waals surface area contributed by atoms with Crippen LogP contribution in [0.3, 0.4) is 0 Å². The number of hydrogen-bond donors (Lipinski definition) is 3. The van der Waals surface area contributed by atoms with Crippen LogP contribution in [0.2, 0.25) is 5.02 Å². The van der Waals surface area contributed by atoms with Gasteiger partial charge in [0, 0.05) is 16.7 Å². The SMILES string of the molecule is NNC(=O)c1cc2ccccc2c(Br)c1NC(=O)c1cc(C(F)(F)F)nn1-c1ncccc1Cl. The van der Waals surface area contributed by atoms with E-state index in [1.807, 2.05) is 5.43 Å². The number of anilines is 1. The Morgan fingerprint density at radius 1 is 1.09 bits per heavy atom. The second-order valence-electron chi connectivity index (χ2n) is 6.90. The number of amides is 2. The molecule has 2 amide bonds. The topological polar surface area (TPSA) is 115 Å². The quantitative estimate of drug-likeness (QED) is 0.192. The van der Waals surface area contributed by atoms with Crippen molar-refractivity contribution in [3.63, 3.8) is 0 Å². The molecular formula is C21H13BrClF3N6O2. The van der Waals surface area contributed by atoms with E-state index in [1.54, 1.807) is 24.3 Å². The molecule has 8 nitrogen and oxygen atoms in total. The molecule has 13 heteroatoms.